The van der Waals surface area contributed by atoms with Crippen molar-refractivity contribution in [3.8, 4) is 5.75 Å². The van der Waals surface area contributed by atoms with Gasteiger partial charge < -0.3 is 9.47 Å². The van der Waals surface area contributed by atoms with E-state index in [-0.39, 0.29) is 5.97 Å². The van der Waals surface area contributed by atoms with Crippen LogP contribution in [0.15, 0.2) is 54.6 Å². The lowest BCUT2D eigenvalue weighted by Crippen LogP contribution is -2.24. The van der Waals surface area contributed by atoms with Gasteiger partial charge in [0.2, 0.25) is 0 Å². The Kier molecular flexibility index (Phi) is 3.28. The number of rotatable bonds is 2. The number of hydrogen-bond acceptors (Lipinski definition) is 3. The first-order valence-corrected chi connectivity index (χ1v) is 7.56. The zero-order valence-electron chi connectivity index (χ0n) is 12.1. The molecule has 0 aliphatic carbocycles. The molecule has 110 valence electrons. The minimum atomic E-state index is -0.414. The highest BCUT2D eigenvalue weighted by Crippen LogP contribution is 2.29. The minimum Gasteiger partial charge on any atom is -0.425 e. The van der Waals surface area contributed by atoms with Gasteiger partial charge in [0.15, 0.2) is 6.10 Å². The summed E-state index contributed by atoms with van der Waals surface area (Å²) in [4.78, 5) is 12.1. The Morgan fingerprint density at radius 1 is 1.00 bits per heavy atom. The van der Waals surface area contributed by atoms with Crippen LogP contribution in [0.2, 0.25) is 0 Å². The molecule has 3 aromatic rings. The van der Waals surface area contributed by atoms with Gasteiger partial charge in [0, 0.05) is 6.61 Å². The van der Waals surface area contributed by atoms with E-state index < -0.39 is 6.10 Å². The zero-order valence-corrected chi connectivity index (χ0v) is 12.1. The standard InChI is InChI=1S/C19H16O3/c20-19(18-6-3-11-21-18)22-15-10-9-14-8-7-13-4-1-2-5-16(13)17(14)12-15/h1-2,4-5,7-10,12,18H,3,6,11H2. The number of fused-ring (bicyclic) bond motifs is 3. The first-order valence-electron chi connectivity index (χ1n) is 7.56. The van der Waals surface area contributed by atoms with Crippen molar-refractivity contribution in [1.29, 1.82) is 0 Å². The van der Waals surface area contributed by atoms with E-state index in [0.29, 0.717) is 12.4 Å². The third-order valence-corrected chi connectivity index (χ3v) is 4.13. The maximum Gasteiger partial charge on any atom is 0.340 e. The lowest BCUT2D eigenvalue weighted by atomic mass is 10.0. The third-order valence-electron chi connectivity index (χ3n) is 4.13. The maximum absolute atomic E-state index is 12.1. The molecule has 0 amide bonds. The second-order valence-electron chi connectivity index (χ2n) is 5.59. The summed E-state index contributed by atoms with van der Waals surface area (Å²) in [5.74, 6) is 0.279. The Bertz CT molecular complexity index is 848. The monoisotopic (exact) mass is 292 g/mol. The first-order chi connectivity index (χ1) is 10.8. The van der Waals surface area contributed by atoms with Crippen LogP contribution in [0.3, 0.4) is 0 Å². The van der Waals surface area contributed by atoms with Crippen molar-refractivity contribution < 1.29 is 14.3 Å². The van der Waals surface area contributed by atoms with Crippen molar-refractivity contribution >= 4 is 27.5 Å². The molecule has 0 N–H and O–H groups in total. The quantitative estimate of drug-likeness (QED) is 0.405. The summed E-state index contributed by atoms with van der Waals surface area (Å²) in [5, 5.41) is 4.57. The molecule has 1 atom stereocenters. The van der Waals surface area contributed by atoms with E-state index in [9.17, 15) is 4.79 Å². The van der Waals surface area contributed by atoms with Crippen molar-refractivity contribution in [3.05, 3.63) is 54.6 Å². The first kappa shape index (κ1) is 13.3. The fourth-order valence-electron chi connectivity index (χ4n) is 2.99. The molecule has 0 spiro atoms. The summed E-state index contributed by atoms with van der Waals surface area (Å²) in [6.45, 7) is 0.641. The van der Waals surface area contributed by atoms with Crippen molar-refractivity contribution in [3.63, 3.8) is 0 Å². The van der Waals surface area contributed by atoms with Gasteiger partial charge in [-0.15, -0.1) is 0 Å². The second-order valence-corrected chi connectivity index (χ2v) is 5.59. The number of benzene rings is 3. The third kappa shape index (κ3) is 2.34. The van der Waals surface area contributed by atoms with Gasteiger partial charge in [0.1, 0.15) is 5.75 Å². The number of ether oxygens (including phenoxy) is 2. The van der Waals surface area contributed by atoms with Crippen LogP contribution in [-0.2, 0) is 9.53 Å². The van der Waals surface area contributed by atoms with Gasteiger partial charge in [-0.2, -0.15) is 0 Å². The molecule has 4 rings (SSSR count). The molecule has 0 bridgehead atoms. The molecule has 0 saturated carbocycles. The van der Waals surface area contributed by atoms with Crippen molar-refractivity contribution in [1.82, 2.24) is 0 Å². The molecule has 1 aliphatic heterocycles. The summed E-state index contributed by atoms with van der Waals surface area (Å²) in [7, 11) is 0. The van der Waals surface area contributed by atoms with Gasteiger partial charge in [-0.3, -0.25) is 0 Å². The zero-order chi connectivity index (χ0) is 14.9. The minimum absolute atomic E-state index is 0.294. The molecule has 3 nitrogen and oxygen atoms in total. The van der Waals surface area contributed by atoms with E-state index in [4.69, 9.17) is 9.47 Å². The molecular formula is C19H16O3. The lowest BCUT2D eigenvalue weighted by Gasteiger charge is -2.10. The number of carbonyl (C=O) groups excluding carboxylic acids is 1. The molecule has 0 radical (unpaired) electrons. The predicted octanol–water partition coefficient (Wildman–Crippen LogP) is 4.08. The highest BCUT2D eigenvalue weighted by Gasteiger charge is 2.25. The average molecular weight is 292 g/mol. The fraction of sp³-hybridized carbons (Fsp3) is 0.211. The van der Waals surface area contributed by atoms with Gasteiger partial charge in [0.25, 0.3) is 0 Å². The van der Waals surface area contributed by atoms with Gasteiger partial charge in [-0.05, 0) is 46.5 Å². The fourth-order valence-corrected chi connectivity index (χ4v) is 2.99. The maximum atomic E-state index is 12.1. The molecule has 1 unspecified atom stereocenters. The summed E-state index contributed by atoms with van der Waals surface area (Å²) < 4.78 is 10.9. The van der Waals surface area contributed by atoms with E-state index >= 15 is 0 Å². The Morgan fingerprint density at radius 2 is 1.77 bits per heavy atom. The summed E-state index contributed by atoms with van der Waals surface area (Å²) in [6.07, 6.45) is 1.25. The van der Waals surface area contributed by atoms with Crippen LogP contribution in [0.1, 0.15) is 12.8 Å². The van der Waals surface area contributed by atoms with Crippen LogP contribution in [0.25, 0.3) is 21.5 Å². The van der Waals surface area contributed by atoms with E-state index in [1.807, 2.05) is 30.3 Å². The molecule has 1 aliphatic rings. The second kappa shape index (κ2) is 5.43. The van der Waals surface area contributed by atoms with E-state index in [2.05, 4.69) is 24.3 Å². The van der Waals surface area contributed by atoms with E-state index in [1.165, 1.54) is 5.39 Å². The number of carbonyl (C=O) groups is 1. The normalized spacial score (nSPS) is 17.9. The van der Waals surface area contributed by atoms with Gasteiger partial charge in [0.05, 0.1) is 0 Å². The molecule has 1 heterocycles. The predicted molar refractivity (Wildman–Crippen MR) is 86.1 cm³/mol. The van der Waals surface area contributed by atoms with E-state index in [0.717, 1.165) is 29.0 Å². The van der Waals surface area contributed by atoms with Crippen LogP contribution in [0, 0.1) is 0 Å². The Morgan fingerprint density at radius 3 is 2.59 bits per heavy atom. The van der Waals surface area contributed by atoms with E-state index in [1.54, 1.807) is 0 Å². The van der Waals surface area contributed by atoms with Crippen LogP contribution in [0.5, 0.6) is 5.75 Å². The Hall–Kier alpha value is -2.39. The van der Waals surface area contributed by atoms with Crippen LogP contribution in [-0.4, -0.2) is 18.7 Å². The Balaban J connectivity index is 1.72. The lowest BCUT2D eigenvalue weighted by molar-refractivity contribution is -0.144. The molecule has 3 aromatic carbocycles. The molecule has 0 aromatic heterocycles. The number of hydrogen-bond donors (Lipinski definition) is 0. The van der Waals surface area contributed by atoms with Crippen LogP contribution < -0.4 is 4.74 Å². The van der Waals surface area contributed by atoms with Gasteiger partial charge in [-0.25, -0.2) is 4.79 Å². The van der Waals surface area contributed by atoms with Crippen molar-refractivity contribution in [2.24, 2.45) is 0 Å². The topological polar surface area (TPSA) is 35.5 Å². The molecule has 1 fully saturated rings. The molecular weight excluding hydrogens is 276 g/mol. The smallest absolute Gasteiger partial charge is 0.340 e. The largest absolute Gasteiger partial charge is 0.425 e. The summed E-state index contributed by atoms with van der Waals surface area (Å²) in [6, 6.07) is 18.2. The van der Waals surface area contributed by atoms with Crippen LogP contribution in [0.4, 0.5) is 0 Å². The summed E-state index contributed by atoms with van der Waals surface area (Å²) in [5.41, 5.74) is 0. The van der Waals surface area contributed by atoms with Crippen LogP contribution >= 0.6 is 0 Å². The molecule has 1 saturated heterocycles. The molecule has 3 heteroatoms. The SMILES string of the molecule is O=C(Oc1ccc2ccc3ccccc3c2c1)C1CCCO1. The summed E-state index contributed by atoms with van der Waals surface area (Å²) >= 11 is 0. The van der Waals surface area contributed by atoms with Crippen molar-refractivity contribution in [2.75, 3.05) is 6.61 Å². The highest BCUT2D eigenvalue weighted by molar-refractivity contribution is 6.07. The number of esters is 1. The average Bonchev–Trinajstić information content (AvgIpc) is 3.09. The molecule has 22 heavy (non-hydrogen) atoms. The van der Waals surface area contributed by atoms with Crippen molar-refractivity contribution in [2.45, 2.75) is 18.9 Å². The van der Waals surface area contributed by atoms with Gasteiger partial charge >= 0.3 is 5.97 Å². The highest BCUT2D eigenvalue weighted by atomic mass is 16.6. The Labute approximate surface area is 128 Å². The van der Waals surface area contributed by atoms with Gasteiger partial charge in [-0.1, -0.05) is 42.5 Å².